The van der Waals surface area contributed by atoms with Crippen LogP contribution in [0.1, 0.15) is 42.6 Å². The van der Waals surface area contributed by atoms with Crippen molar-refractivity contribution in [1.82, 2.24) is 15.1 Å². The van der Waals surface area contributed by atoms with E-state index in [0.29, 0.717) is 0 Å². The number of hydrogen-bond acceptors (Lipinski definition) is 2. The van der Waals surface area contributed by atoms with Gasteiger partial charge in [-0.05, 0) is 38.4 Å². The average molecular weight is 257 g/mol. The van der Waals surface area contributed by atoms with Crippen molar-refractivity contribution in [2.75, 3.05) is 6.54 Å². The van der Waals surface area contributed by atoms with Crippen LogP contribution in [0.25, 0.3) is 0 Å². The molecule has 0 saturated carbocycles. The first-order valence-corrected chi connectivity index (χ1v) is 6.92. The summed E-state index contributed by atoms with van der Waals surface area (Å²) in [4.78, 5) is 0. The van der Waals surface area contributed by atoms with Crippen LogP contribution in [0.5, 0.6) is 0 Å². The summed E-state index contributed by atoms with van der Waals surface area (Å²) in [5.41, 5.74) is 3.81. The summed E-state index contributed by atoms with van der Waals surface area (Å²) < 4.78 is 2.04. The van der Waals surface area contributed by atoms with Crippen molar-refractivity contribution >= 4 is 0 Å². The molecule has 2 atom stereocenters. The summed E-state index contributed by atoms with van der Waals surface area (Å²) in [6.07, 6.45) is 4.01. The fourth-order valence-electron chi connectivity index (χ4n) is 2.37. The summed E-state index contributed by atoms with van der Waals surface area (Å²) in [6.45, 7) is 9.49. The van der Waals surface area contributed by atoms with Gasteiger partial charge in [-0.3, -0.25) is 4.68 Å². The Morgan fingerprint density at radius 1 is 1.16 bits per heavy atom. The minimum absolute atomic E-state index is 0.282. The van der Waals surface area contributed by atoms with Gasteiger partial charge in [-0.25, -0.2) is 0 Å². The highest BCUT2D eigenvalue weighted by atomic mass is 15.3. The maximum atomic E-state index is 4.44. The number of rotatable bonds is 5. The number of aryl methyl sites for hydroxylation is 2. The first kappa shape index (κ1) is 13.8. The minimum Gasteiger partial charge on any atom is -0.308 e. The van der Waals surface area contributed by atoms with Crippen LogP contribution >= 0.6 is 0 Å². The van der Waals surface area contributed by atoms with E-state index in [4.69, 9.17) is 0 Å². The van der Waals surface area contributed by atoms with Gasteiger partial charge < -0.3 is 5.32 Å². The third-order valence-electron chi connectivity index (χ3n) is 3.49. The highest BCUT2D eigenvalue weighted by molar-refractivity contribution is 5.25. The molecule has 0 amide bonds. The first-order valence-electron chi connectivity index (χ1n) is 6.92. The van der Waals surface area contributed by atoms with E-state index in [1.54, 1.807) is 0 Å². The number of aromatic nitrogens is 2. The molecule has 3 nitrogen and oxygen atoms in total. The van der Waals surface area contributed by atoms with E-state index < -0.39 is 0 Å². The van der Waals surface area contributed by atoms with E-state index in [1.807, 2.05) is 10.9 Å². The molecule has 0 saturated heterocycles. The summed E-state index contributed by atoms with van der Waals surface area (Å²) >= 11 is 0. The lowest BCUT2D eigenvalue weighted by molar-refractivity contribution is 0.359. The fourth-order valence-corrected chi connectivity index (χ4v) is 2.37. The van der Waals surface area contributed by atoms with E-state index in [-0.39, 0.29) is 12.1 Å². The molecule has 0 bridgehead atoms. The molecule has 0 aliphatic carbocycles. The molecule has 19 heavy (non-hydrogen) atoms. The SMILES string of the molecule is CCNC(c1ccc(C)cc1)C(C)n1cc(C)cn1. The average Bonchev–Trinajstić information content (AvgIpc) is 2.83. The summed E-state index contributed by atoms with van der Waals surface area (Å²) in [6, 6.07) is 9.31. The van der Waals surface area contributed by atoms with Gasteiger partial charge in [0, 0.05) is 6.20 Å². The summed E-state index contributed by atoms with van der Waals surface area (Å²) in [7, 11) is 0. The molecule has 2 rings (SSSR count). The third kappa shape index (κ3) is 3.24. The second kappa shape index (κ2) is 6.02. The molecule has 1 heterocycles. The molecule has 0 spiro atoms. The number of benzene rings is 1. The Kier molecular flexibility index (Phi) is 4.38. The summed E-state index contributed by atoms with van der Waals surface area (Å²) in [5.74, 6) is 0. The smallest absolute Gasteiger partial charge is 0.0685 e. The minimum atomic E-state index is 0.282. The van der Waals surface area contributed by atoms with Gasteiger partial charge in [0.2, 0.25) is 0 Å². The maximum Gasteiger partial charge on any atom is 0.0685 e. The van der Waals surface area contributed by atoms with Crippen LogP contribution in [-0.4, -0.2) is 16.3 Å². The van der Waals surface area contributed by atoms with Crippen LogP contribution in [0.2, 0.25) is 0 Å². The number of hydrogen-bond donors (Lipinski definition) is 1. The van der Waals surface area contributed by atoms with Gasteiger partial charge in [-0.2, -0.15) is 5.10 Å². The van der Waals surface area contributed by atoms with Crippen molar-refractivity contribution in [3.05, 3.63) is 53.3 Å². The highest BCUT2D eigenvalue weighted by Crippen LogP contribution is 2.26. The Morgan fingerprint density at radius 2 is 1.84 bits per heavy atom. The Morgan fingerprint density at radius 3 is 2.37 bits per heavy atom. The van der Waals surface area contributed by atoms with Crippen LogP contribution in [0.15, 0.2) is 36.7 Å². The van der Waals surface area contributed by atoms with Crippen molar-refractivity contribution < 1.29 is 0 Å². The zero-order valence-corrected chi connectivity index (χ0v) is 12.2. The predicted molar refractivity (Wildman–Crippen MR) is 79.3 cm³/mol. The number of nitrogens with one attached hydrogen (secondary N) is 1. The van der Waals surface area contributed by atoms with E-state index in [9.17, 15) is 0 Å². The molecule has 2 aromatic rings. The van der Waals surface area contributed by atoms with E-state index >= 15 is 0 Å². The number of nitrogens with zero attached hydrogens (tertiary/aromatic N) is 2. The lowest BCUT2D eigenvalue weighted by Gasteiger charge is -2.25. The van der Waals surface area contributed by atoms with Crippen LogP contribution in [0, 0.1) is 13.8 Å². The Bertz CT molecular complexity index is 513. The normalized spacial score (nSPS) is 14.3. The van der Waals surface area contributed by atoms with Gasteiger partial charge in [-0.15, -0.1) is 0 Å². The van der Waals surface area contributed by atoms with Gasteiger partial charge in [0.1, 0.15) is 0 Å². The molecule has 0 aliphatic rings. The van der Waals surface area contributed by atoms with Crippen LogP contribution in [-0.2, 0) is 0 Å². The topological polar surface area (TPSA) is 29.9 Å². The lowest BCUT2D eigenvalue weighted by atomic mass is 9.99. The molecule has 1 aromatic heterocycles. The van der Waals surface area contributed by atoms with E-state index in [2.05, 4.69) is 68.6 Å². The Balaban J connectivity index is 2.26. The molecule has 3 heteroatoms. The molecule has 2 unspecified atom stereocenters. The molecular weight excluding hydrogens is 234 g/mol. The monoisotopic (exact) mass is 257 g/mol. The fraction of sp³-hybridized carbons (Fsp3) is 0.438. The Labute approximate surface area is 115 Å². The molecule has 0 aliphatic heterocycles. The van der Waals surface area contributed by atoms with Gasteiger partial charge in [-0.1, -0.05) is 36.8 Å². The van der Waals surface area contributed by atoms with Crippen molar-refractivity contribution in [1.29, 1.82) is 0 Å². The number of likely N-dealkylation sites (N-methyl/N-ethyl adjacent to an activating group) is 1. The quantitative estimate of drug-likeness (QED) is 0.889. The van der Waals surface area contributed by atoms with Gasteiger partial charge in [0.15, 0.2) is 0 Å². The second-order valence-electron chi connectivity index (χ2n) is 5.18. The van der Waals surface area contributed by atoms with E-state index in [0.717, 1.165) is 6.54 Å². The van der Waals surface area contributed by atoms with Crippen LogP contribution < -0.4 is 5.32 Å². The maximum absolute atomic E-state index is 4.44. The van der Waals surface area contributed by atoms with Crippen molar-refractivity contribution in [2.45, 2.75) is 39.8 Å². The zero-order valence-electron chi connectivity index (χ0n) is 12.2. The van der Waals surface area contributed by atoms with Gasteiger partial charge >= 0.3 is 0 Å². The largest absolute Gasteiger partial charge is 0.308 e. The summed E-state index contributed by atoms with van der Waals surface area (Å²) in [5, 5.41) is 8.00. The molecule has 0 fully saturated rings. The van der Waals surface area contributed by atoms with Crippen LogP contribution in [0.3, 0.4) is 0 Å². The predicted octanol–water partition coefficient (Wildman–Crippen LogP) is 3.41. The van der Waals surface area contributed by atoms with Crippen molar-refractivity contribution in [3.8, 4) is 0 Å². The van der Waals surface area contributed by atoms with Crippen molar-refractivity contribution in [3.63, 3.8) is 0 Å². The Hall–Kier alpha value is -1.61. The van der Waals surface area contributed by atoms with Crippen molar-refractivity contribution in [2.24, 2.45) is 0 Å². The first-order chi connectivity index (χ1) is 9.11. The third-order valence-corrected chi connectivity index (χ3v) is 3.49. The van der Waals surface area contributed by atoms with Crippen LogP contribution in [0.4, 0.5) is 0 Å². The molecule has 102 valence electrons. The zero-order chi connectivity index (χ0) is 13.8. The van der Waals surface area contributed by atoms with E-state index in [1.165, 1.54) is 16.7 Å². The molecule has 0 radical (unpaired) electrons. The lowest BCUT2D eigenvalue weighted by Crippen LogP contribution is -2.29. The second-order valence-corrected chi connectivity index (χ2v) is 5.18. The molecule has 1 aromatic carbocycles. The molecule has 1 N–H and O–H groups in total. The highest BCUT2D eigenvalue weighted by Gasteiger charge is 2.20. The van der Waals surface area contributed by atoms with Gasteiger partial charge in [0.25, 0.3) is 0 Å². The molecular formula is C16H23N3. The van der Waals surface area contributed by atoms with Gasteiger partial charge in [0.05, 0.1) is 18.3 Å². The standard InChI is InChI=1S/C16H23N3/c1-5-17-16(15-8-6-12(2)7-9-15)14(4)19-11-13(3)10-18-19/h6-11,14,16-17H,5H2,1-4H3.